The van der Waals surface area contributed by atoms with E-state index < -0.39 is 5.97 Å². The minimum absolute atomic E-state index is 0.214. The van der Waals surface area contributed by atoms with Crippen molar-refractivity contribution in [2.75, 3.05) is 5.75 Å². The maximum atomic E-state index is 11.0. The maximum absolute atomic E-state index is 11.0. The number of unbranched alkanes of at least 4 members (excludes halogenated alkanes) is 2. The highest BCUT2D eigenvalue weighted by Crippen LogP contribution is 2.14. The molecule has 0 amide bonds. The van der Waals surface area contributed by atoms with Crippen molar-refractivity contribution in [2.24, 2.45) is 7.05 Å². The molecule has 0 aliphatic heterocycles. The lowest BCUT2D eigenvalue weighted by Crippen LogP contribution is -2.12. The lowest BCUT2D eigenvalue weighted by atomic mass is 10.2. The first-order chi connectivity index (χ1) is 7.61. The number of aliphatic carboxylic acids is 1. The van der Waals surface area contributed by atoms with Crippen molar-refractivity contribution in [3.63, 3.8) is 0 Å². The summed E-state index contributed by atoms with van der Waals surface area (Å²) >= 11 is 1.50. The summed E-state index contributed by atoms with van der Waals surface area (Å²) in [6.45, 7) is 0. The van der Waals surface area contributed by atoms with E-state index in [9.17, 15) is 9.59 Å². The Balaban J connectivity index is 2.14. The van der Waals surface area contributed by atoms with E-state index in [-0.39, 0.29) is 12.1 Å². The molecule has 16 heavy (non-hydrogen) atoms. The largest absolute Gasteiger partial charge is 0.481 e. The number of aromatic nitrogens is 3. The Bertz CT molecular complexity index is 399. The van der Waals surface area contributed by atoms with Gasteiger partial charge in [0.2, 0.25) is 0 Å². The minimum atomic E-state index is -0.748. The molecule has 90 valence electrons. The SMILES string of the molecule is Cn1c(SCCCCCC(=O)O)n[nH]c1=O. The lowest BCUT2D eigenvalue weighted by molar-refractivity contribution is -0.137. The summed E-state index contributed by atoms with van der Waals surface area (Å²) in [5.74, 6) is 0.0972. The first-order valence-electron chi connectivity index (χ1n) is 5.07. The molecule has 6 nitrogen and oxygen atoms in total. The average molecular weight is 245 g/mol. The van der Waals surface area contributed by atoms with Gasteiger partial charge in [0.1, 0.15) is 0 Å². The van der Waals surface area contributed by atoms with Gasteiger partial charge in [-0.3, -0.25) is 9.36 Å². The van der Waals surface area contributed by atoms with Crippen LogP contribution in [-0.2, 0) is 11.8 Å². The van der Waals surface area contributed by atoms with Crippen molar-refractivity contribution in [3.05, 3.63) is 10.5 Å². The Kier molecular flexibility index (Phi) is 5.10. The van der Waals surface area contributed by atoms with Crippen molar-refractivity contribution in [1.29, 1.82) is 0 Å². The molecule has 2 N–H and O–H groups in total. The van der Waals surface area contributed by atoms with Gasteiger partial charge in [-0.2, -0.15) is 0 Å². The fraction of sp³-hybridized carbons (Fsp3) is 0.667. The molecule has 1 aromatic heterocycles. The summed E-state index contributed by atoms with van der Waals surface area (Å²) in [6, 6.07) is 0. The van der Waals surface area contributed by atoms with Crippen molar-refractivity contribution in [3.8, 4) is 0 Å². The predicted octanol–water partition coefficient (Wildman–Crippen LogP) is 0.845. The first kappa shape index (κ1) is 12.8. The van der Waals surface area contributed by atoms with E-state index in [2.05, 4.69) is 10.2 Å². The van der Waals surface area contributed by atoms with Crippen LogP contribution in [0.5, 0.6) is 0 Å². The molecule has 0 aliphatic rings. The van der Waals surface area contributed by atoms with E-state index in [4.69, 9.17) is 5.11 Å². The van der Waals surface area contributed by atoms with E-state index in [1.54, 1.807) is 7.05 Å². The Morgan fingerprint density at radius 1 is 1.50 bits per heavy atom. The molecule has 0 fully saturated rings. The zero-order chi connectivity index (χ0) is 12.0. The number of carboxylic acid groups (broad SMARTS) is 1. The molecule has 0 bridgehead atoms. The molecule has 0 aromatic carbocycles. The normalized spacial score (nSPS) is 10.6. The van der Waals surface area contributed by atoms with E-state index >= 15 is 0 Å². The van der Waals surface area contributed by atoms with Gasteiger partial charge >= 0.3 is 11.7 Å². The summed E-state index contributed by atoms with van der Waals surface area (Å²) in [6.07, 6.45) is 2.75. The molecule has 0 radical (unpaired) electrons. The molecule has 0 saturated carbocycles. The Morgan fingerprint density at radius 3 is 2.81 bits per heavy atom. The highest BCUT2D eigenvalue weighted by molar-refractivity contribution is 7.99. The molecular weight excluding hydrogens is 230 g/mol. The van der Waals surface area contributed by atoms with Crippen LogP contribution in [-0.4, -0.2) is 31.6 Å². The third-order valence-corrected chi connectivity index (χ3v) is 3.22. The van der Waals surface area contributed by atoms with Crippen LogP contribution in [0.15, 0.2) is 9.95 Å². The summed E-state index contributed by atoms with van der Waals surface area (Å²) in [4.78, 5) is 21.3. The molecule has 1 rings (SSSR count). The molecule has 0 spiro atoms. The average Bonchev–Trinajstić information content (AvgIpc) is 2.54. The number of carbonyl (C=O) groups is 1. The molecule has 7 heteroatoms. The van der Waals surface area contributed by atoms with Gasteiger partial charge in [-0.25, -0.2) is 9.89 Å². The van der Waals surface area contributed by atoms with Crippen molar-refractivity contribution in [2.45, 2.75) is 30.8 Å². The number of hydrogen-bond acceptors (Lipinski definition) is 4. The number of nitrogens with zero attached hydrogens (tertiary/aromatic N) is 2. The molecular formula is C9H15N3O3S. The van der Waals surface area contributed by atoms with Crippen molar-refractivity contribution >= 4 is 17.7 Å². The van der Waals surface area contributed by atoms with Crippen molar-refractivity contribution < 1.29 is 9.90 Å². The van der Waals surface area contributed by atoms with Gasteiger partial charge in [-0.15, -0.1) is 5.10 Å². The number of rotatable bonds is 7. The highest BCUT2D eigenvalue weighted by atomic mass is 32.2. The number of nitrogens with one attached hydrogen (secondary N) is 1. The van der Waals surface area contributed by atoms with Gasteiger partial charge in [-0.1, -0.05) is 18.2 Å². The van der Waals surface area contributed by atoms with E-state index in [1.165, 1.54) is 16.3 Å². The van der Waals surface area contributed by atoms with Gasteiger partial charge in [-0.05, 0) is 12.8 Å². The lowest BCUT2D eigenvalue weighted by Gasteiger charge is -1.99. The first-order valence-corrected chi connectivity index (χ1v) is 6.06. The number of hydrogen-bond donors (Lipinski definition) is 2. The maximum Gasteiger partial charge on any atom is 0.343 e. The van der Waals surface area contributed by atoms with Crippen LogP contribution in [0.1, 0.15) is 25.7 Å². The summed E-state index contributed by atoms with van der Waals surface area (Å²) in [5.41, 5.74) is -0.214. The predicted molar refractivity (Wildman–Crippen MR) is 60.7 cm³/mol. The number of thioether (sulfide) groups is 1. The summed E-state index contributed by atoms with van der Waals surface area (Å²) in [5, 5.41) is 15.3. The third kappa shape index (κ3) is 4.09. The number of carboxylic acids is 1. The van der Waals surface area contributed by atoms with E-state index in [0.717, 1.165) is 18.6 Å². The summed E-state index contributed by atoms with van der Waals surface area (Å²) in [7, 11) is 1.67. The zero-order valence-electron chi connectivity index (χ0n) is 9.10. The smallest absolute Gasteiger partial charge is 0.343 e. The minimum Gasteiger partial charge on any atom is -0.481 e. The topological polar surface area (TPSA) is 88.0 Å². The fourth-order valence-electron chi connectivity index (χ4n) is 1.18. The Hall–Kier alpha value is -1.24. The molecule has 0 atom stereocenters. The number of H-pyrrole nitrogens is 1. The molecule has 0 aliphatic carbocycles. The van der Waals surface area contributed by atoms with Gasteiger partial charge in [0.25, 0.3) is 0 Å². The molecule has 1 aromatic rings. The standard InChI is InChI=1S/C9H15N3O3S/c1-12-8(15)10-11-9(12)16-6-4-2-3-5-7(13)14/h2-6H2,1H3,(H,10,15)(H,13,14). The second-order valence-electron chi connectivity index (χ2n) is 3.42. The van der Waals surface area contributed by atoms with E-state index in [1.807, 2.05) is 0 Å². The van der Waals surface area contributed by atoms with E-state index in [0.29, 0.717) is 11.6 Å². The van der Waals surface area contributed by atoms with Crippen LogP contribution in [0, 0.1) is 0 Å². The quantitative estimate of drug-likeness (QED) is 0.549. The van der Waals surface area contributed by atoms with Gasteiger partial charge in [0.05, 0.1) is 0 Å². The molecule has 0 unspecified atom stereocenters. The van der Waals surface area contributed by atoms with Crippen molar-refractivity contribution in [1.82, 2.24) is 14.8 Å². The zero-order valence-corrected chi connectivity index (χ0v) is 9.92. The Morgan fingerprint density at radius 2 is 2.25 bits per heavy atom. The second-order valence-corrected chi connectivity index (χ2v) is 4.49. The van der Waals surface area contributed by atoms with Crippen LogP contribution in [0.25, 0.3) is 0 Å². The van der Waals surface area contributed by atoms with Crippen LogP contribution in [0.2, 0.25) is 0 Å². The van der Waals surface area contributed by atoms with Crippen LogP contribution >= 0.6 is 11.8 Å². The summed E-state index contributed by atoms with van der Waals surface area (Å²) < 4.78 is 1.46. The number of aromatic amines is 1. The molecule has 0 saturated heterocycles. The third-order valence-electron chi connectivity index (χ3n) is 2.10. The van der Waals surface area contributed by atoms with Crippen LogP contribution in [0.4, 0.5) is 0 Å². The monoisotopic (exact) mass is 245 g/mol. The molecule has 1 heterocycles. The fourth-order valence-corrected chi connectivity index (χ4v) is 2.10. The van der Waals surface area contributed by atoms with Gasteiger partial charge in [0, 0.05) is 19.2 Å². The Labute approximate surface area is 97.1 Å². The van der Waals surface area contributed by atoms with Crippen LogP contribution < -0.4 is 5.69 Å². The van der Waals surface area contributed by atoms with Gasteiger partial charge < -0.3 is 5.11 Å². The van der Waals surface area contributed by atoms with Gasteiger partial charge in [0.15, 0.2) is 5.16 Å². The van der Waals surface area contributed by atoms with Crippen LogP contribution in [0.3, 0.4) is 0 Å². The highest BCUT2D eigenvalue weighted by Gasteiger charge is 2.04. The second kappa shape index (κ2) is 6.37.